The lowest BCUT2D eigenvalue weighted by Crippen LogP contribution is -2.35. The van der Waals surface area contributed by atoms with Crippen LogP contribution in [0.15, 0.2) is 341 Å². The van der Waals surface area contributed by atoms with Gasteiger partial charge in [0.1, 0.15) is 47.4 Å². The summed E-state index contributed by atoms with van der Waals surface area (Å²) in [5, 5.41) is 42.4. The zero-order valence-electron chi connectivity index (χ0n) is 76.8. The Balaban J connectivity index is 0.000000150. The highest BCUT2D eigenvalue weighted by Gasteiger charge is 2.27. The summed E-state index contributed by atoms with van der Waals surface area (Å²) in [5.74, 6) is 2.56. The van der Waals surface area contributed by atoms with E-state index in [0.29, 0.717) is 49.5 Å². The zero-order valence-corrected chi connectivity index (χ0v) is 76.8. The molecule has 0 saturated heterocycles. The second-order valence-corrected chi connectivity index (χ2v) is 33.6. The second-order valence-electron chi connectivity index (χ2n) is 33.6. The summed E-state index contributed by atoms with van der Waals surface area (Å²) in [4.78, 5) is 70.7. The molecule has 0 spiro atoms. The molecule has 672 valence electrons. The summed E-state index contributed by atoms with van der Waals surface area (Å²) in [5.41, 5.74) is 21.3. The van der Waals surface area contributed by atoms with Gasteiger partial charge in [0.2, 0.25) is 23.6 Å². The van der Waals surface area contributed by atoms with Gasteiger partial charge in [0.15, 0.2) is 0 Å². The molecule has 132 heavy (non-hydrogen) atoms. The van der Waals surface area contributed by atoms with Crippen LogP contribution >= 0.6 is 0 Å². The molecule has 0 aliphatic heterocycles. The molecule has 24 nitrogen and oxygen atoms in total. The van der Waals surface area contributed by atoms with E-state index in [1.807, 2.05) is 223 Å². The minimum absolute atomic E-state index is 0.140. The standard InChI is InChI=1S/4C27H29N5O/c4*1-19-9-11-21(12-10-19)20(2)15-29-26(22-7-5-4-6-8-22)27(33)31-25-14-13-23(16-28-25)24-17-30-32(3)18-24/h4*4-14,16-18,20,26,29H,15H2,1-3H3,(H,28,31,33)/t2*20-,26+;2*20-,26-/m1010/s1. The van der Waals surface area contributed by atoms with Crippen LogP contribution in [0.2, 0.25) is 0 Å². The average Bonchev–Trinajstić information content (AvgIpc) is 1.01. The number of aryl methyl sites for hydroxylation is 8. The Morgan fingerprint density at radius 1 is 0.235 bits per heavy atom. The highest BCUT2D eigenvalue weighted by molar-refractivity contribution is 5.97. The van der Waals surface area contributed by atoms with Crippen LogP contribution in [-0.4, -0.2) is 109 Å². The van der Waals surface area contributed by atoms with Crippen LogP contribution in [0.3, 0.4) is 0 Å². The third kappa shape index (κ3) is 27.5. The molecule has 16 aromatic rings. The lowest BCUT2D eigenvalue weighted by Gasteiger charge is -2.21. The van der Waals surface area contributed by atoms with Crippen molar-refractivity contribution in [2.24, 2.45) is 28.2 Å². The van der Waals surface area contributed by atoms with Gasteiger partial charge in [0.05, 0.1) is 24.8 Å². The quantitative estimate of drug-likeness (QED) is 0.0194. The van der Waals surface area contributed by atoms with Crippen LogP contribution < -0.4 is 42.5 Å². The fourth-order valence-corrected chi connectivity index (χ4v) is 14.9. The van der Waals surface area contributed by atoms with Crippen molar-refractivity contribution in [3.05, 3.63) is 408 Å². The van der Waals surface area contributed by atoms with Crippen molar-refractivity contribution >= 4 is 46.9 Å². The number of benzene rings is 8. The minimum atomic E-state index is -0.487. The molecule has 24 heteroatoms. The van der Waals surface area contributed by atoms with Crippen LogP contribution in [-0.2, 0) is 47.4 Å². The molecule has 0 fully saturated rings. The molecule has 0 aliphatic rings. The lowest BCUT2D eigenvalue weighted by atomic mass is 9.98. The molecule has 0 radical (unpaired) electrons. The number of pyridine rings is 4. The van der Waals surface area contributed by atoms with Crippen LogP contribution in [0, 0.1) is 27.7 Å². The molecule has 8 heterocycles. The van der Waals surface area contributed by atoms with E-state index in [0.717, 1.165) is 66.8 Å². The van der Waals surface area contributed by atoms with Gasteiger partial charge in [-0.05, 0) is 144 Å². The first kappa shape index (κ1) is 94.5. The average molecular weight is 1760 g/mol. The van der Waals surface area contributed by atoms with Crippen LogP contribution in [0.1, 0.15) is 142 Å². The molecule has 8 N–H and O–H groups in total. The molecule has 0 saturated carbocycles. The Hall–Kier alpha value is -15.1. The fraction of sp³-hybridized carbons (Fsp3) is 0.222. The smallest absolute Gasteiger partial charge is 0.247 e. The third-order valence-electron chi connectivity index (χ3n) is 22.9. The first-order valence-corrected chi connectivity index (χ1v) is 44.4. The lowest BCUT2D eigenvalue weighted by molar-refractivity contribution is -0.119. The molecule has 8 atom stereocenters. The van der Waals surface area contributed by atoms with Gasteiger partial charge in [-0.1, -0.05) is 268 Å². The summed E-state index contributed by atoms with van der Waals surface area (Å²) in [6.45, 7) is 19.7. The van der Waals surface area contributed by atoms with Crippen LogP contribution in [0.4, 0.5) is 23.3 Å². The molecule has 0 unspecified atom stereocenters. The Kier molecular flexibility index (Phi) is 33.5. The maximum Gasteiger partial charge on any atom is 0.247 e. The number of rotatable bonds is 32. The first-order chi connectivity index (χ1) is 64.0. The summed E-state index contributed by atoms with van der Waals surface area (Å²) < 4.78 is 7.00. The van der Waals surface area contributed by atoms with Crippen molar-refractivity contribution < 1.29 is 19.2 Å². The topological polar surface area (TPSA) is 287 Å². The van der Waals surface area contributed by atoms with E-state index < -0.39 is 24.2 Å². The largest absolute Gasteiger partial charge is 0.309 e. The number of hydrogen-bond donors (Lipinski definition) is 8. The monoisotopic (exact) mass is 1760 g/mol. The number of anilines is 4. The van der Waals surface area contributed by atoms with Crippen molar-refractivity contribution in [3.8, 4) is 44.5 Å². The number of hydrogen-bond acceptors (Lipinski definition) is 16. The van der Waals surface area contributed by atoms with E-state index in [-0.39, 0.29) is 47.3 Å². The Bertz CT molecular complexity index is 5500. The Morgan fingerprint density at radius 3 is 0.583 bits per heavy atom. The van der Waals surface area contributed by atoms with Gasteiger partial charge in [-0.15, -0.1) is 0 Å². The molecule has 0 bridgehead atoms. The summed E-state index contributed by atoms with van der Waals surface area (Å²) >= 11 is 0. The predicted molar refractivity (Wildman–Crippen MR) is 527 cm³/mol. The molecular formula is C108H116N20O4. The third-order valence-corrected chi connectivity index (χ3v) is 22.9. The summed E-state index contributed by atoms with van der Waals surface area (Å²) in [6, 6.07) is 86.3. The molecule has 8 aromatic carbocycles. The molecule has 0 aliphatic carbocycles. The normalized spacial score (nSPS) is 12.8. The highest BCUT2D eigenvalue weighted by atomic mass is 16.2. The number of nitrogens with zero attached hydrogens (tertiary/aromatic N) is 12. The van der Waals surface area contributed by atoms with Gasteiger partial charge in [0.25, 0.3) is 0 Å². The maximum absolute atomic E-state index is 13.2. The van der Waals surface area contributed by atoms with E-state index in [1.165, 1.54) is 44.5 Å². The van der Waals surface area contributed by atoms with Crippen LogP contribution in [0.25, 0.3) is 44.5 Å². The van der Waals surface area contributed by atoms with Gasteiger partial charge in [0, 0.05) is 148 Å². The van der Waals surface area contributed by atoms with Gasteiger partial charge >= 0.3 is 0 Å². The van der Waals surface area contributed by atoms with Gasteiger partial charge < -0.3 is 42.5 Å². The number of amides is 4. The van der Waals surface area contributed by atoms with Gasteiger partial charge in [-0.3, -0.25) is 37.9 Å². The number of carbonyl (C=O) groups is 4. The van der Waals surface area contributed by atoms with E-state index >= 15 is 0 Å². The van der Waals surface area contributed by atoms with Crippen molar-refractivity contribution in [1.82, 2.24) is 80.3 Å². The maximum atomic E-state index is 13.2. The number of carbonyl (C=O) groups excluding carboxylic acids is 4. The molecule has 8 aromatic heterocycles. The number of nitrogens with one attached hydrogen (secondary N) is 8. The van der Waals surface area contributed by atoms with Crippen molar-refractivity contribution in [1.29, 1.82) is 0 Å². The van der Waals surface area contributed by atoms with E-state index in [2.05, 4.69) is 235 Å². The molecular weight excluding hydrogens is 1640 g/mol. The minimum Gasteiger partial charge on any atom is -0.309 e. The van der Waals surface area contributed by atoms with E-state index in [9.17, 15) is 19.2 Å². The second kappa shape index (κ2) is 46.8. The fourth-order valence-electron chi connectivity index (χ4n) is 14.9. The summed E-state index contributed by atoms with van der Waals surface area (Å²) in [7, 11) is 7.51. The summed E-state index contributed by atoms with van der Waals surface area (Å²) in [6.07, 6.45) is 21.9. The first-order valence-electron chi connectivity index (χ1n) is 44.4. The van der Waals surface area contributed by atoms with Crippen molar-refractivity contribution in [2.45, 2.75) is 103 Å². The van der Waals surface area contributed by atoms with Crippen molar-refractivity contribution in [3.63, 3.8) is 0 Å². The highest BCUT2D eigenvalue weighted by Crippen LogP contribution is 2.30. The molecule has 16 rings (SSSR count). The van der Waals surface area contributed by atoms with Gasteiger partial charge in [-0.2, -0.15) is 20.4 Å². The van der Waals surface area contributed by atoms with Crippen molar-refractivity contribution in [2.75, 3.05) is 47.4 Å². The predicted octanol–water partition coefficient (Wildman–Crippen LogP) is 19.5. The molecule has 4 amide bonds. The van der Waals surface area contributed by atoms with E-state index in [4.69, 9.17) is 0 Å². The van der Waals surface area contributed by atoms with Crippen LogP contribution in [0.5, 0.6) is 0 Å². The SMILES string of the molecule is Cc1ccc([C@@H](C)CN[C@@H](C(=O)Nc2ccc(-c3cnn(C)c3)cn2)c2ccccc2)cc1.Cc1ccc([C@@H](C)CN[C@H](C(=O)Nc2ccc(-c3cnn(C)c3)cn2)c2ccccc2)cc1.Cc1ccc([C@H](C)CN[C@@H](C(=O)Nc2ccc(-c3cnn(C)c3)cn2)c2ccccc2)cc1.Cc1ccc([C@H](C)CN[C@H](C(=O)Nc2ccc(-c3cnn(C)c3)cn2)c2ccccc2)cc1. The Morgan fingerprint density at radius 2 is 0.424 bits per heavy atom. The zero-order chi connectivity index (χ0) is 92.8. The number of aromatic nitrogens is 12. The Labute approximate surface area is 773 Å². The van der Waals surface area contributed by atoms with Gasteiger partial charge in [-0.25, -0.2) is 19.9 Å². The van der Waals surface area contributed by atoms with E-state index in [1.54, 1.807) is 68.3 Å².